The van der Waals surface area contributed by atoms with E-state index < -0.39 is 0 Å². The monoisotopic (exact) mass is 786 g/mol. The minimum Gasteiger partial charge on any atom is -0.508 e. The number of hydrogen-bond donors (Lipinski definition) is 3. The van der Waals surface area contributed by atoms with Crippen LogP contribution in [0.1, 0.15) is 54.2 Å². The summed E-state index contributed by atoms with van der Waals surface area (Å²) in [6, 6.07) is 18.6. The number of benzene rings is 2. The second-order valence-electron chi connectivity index (χ2n) is 14.2. The minimum atomic E-state index is 0.0235. The molecule has 2 aromatic carbocycles. The number of rotatable bonds is 19. The van der Waals surface area contributed by atoms with Crippen LogP contribution in [-0.4, -0.2) is 62.8 Å². The van der Waals surface area contributed by atoms with E-state index in [0.717, 1.165) is 74.7 Å². The third kappa shape index (κ3) is 11.2. The van der Waals surface area contributed by atoms with Gasteiger partial charge in [0, 0.05) is 47.2 Å². The fourth-order valence-electron chi connectivity index (χ4n) is 6.52. The van der Waals surface area contributed by atoms with Gasteiger partial charge in [-0.25, -0.2) is 19.9 Å². The molecule has 0 fully saturated rings. The van der Waals surface area contributed by atoms with E-state index in [1.54, 1.807) is 57.5 Å². The summed E-state index contributed by atoms with van der Waals surface area (Å²) in [5.74, 6) is 0.759. The van der Waals surface area contributed by atoms with Crippen molar-refractivity contribution < 1.29 is 5.11 Å². The molecule has 6 aromatic rings. The molecule has 0 saturated carbocycles. The van der Waals surface area contributed by atoms with E-state index in [0.29, 0.717) is 19.0 Å². The van der Waals surface area contributed by atoms with Gasteiger partial charge in [-0.2, -0.15) is 0 Å². The molecule has 0 unspecified atom stereocenters. The van der Waals surface area contributed by atoms with Crippen LogP contribution in [-0.2, 0) is 12.8 Å². The molecule has 53 heavy (non-hydrogen) atoms. The van der Waals surface area contributed by atoms with Crippen LogP contribution in [0.4, 0.5) is 20.5 Å². The lowest BCUT2D eigenvalue weighted by Crippen LogP contribution is -2.53. The van der Waals surface area contributed by atoms with E-state index in [2.05, 4.69) is 100.0 Å². The van der Waals surface area contributed by atoms with E-state index in [-0.39, 0.29) is 23.9 Å². The average Bonchev–Trinajstić information content (AvgIpc) is 3.95. The fourth-order valence-corrected chi connectivity index (χ4v) is 9.75. The highest BCUT2D eigenvalue weighted by Crippen LogP contribution is 2.31. The van der Waals surface area contributed by atoms with Crippen LogP contribution >= 0.6 is 45.3 Å². The second kappa shape index (κ2) is 18.3. The number of nitrogens with zero attached hydrogens (tertiary/aromatic N) is 6. The van der Waals surface area contributed by atoms with Crippen molar-refractivity contribution in [2.24, 2.45) is 5.92 Å². The molecule has 4 heterocycles. The molecule has 0 aliphatic carbocycles. The van der Waals surface area contributed by atoms with Gasteiger partial charge in [0.25, 0.3) is 0 Å². The molecule has 280 valence electrons. The number of anilines is 4. The molecule has 0 bridgehead atoms. The number of phenolic OH excluding ortho intramolecular Hbond substituents is 1. The van der Waals surface area contributed by atoms with Gasteiger partial charge in [-0.15, -0.1) is 45.3 Å². The van der Waals surface area contributed by atoms with Crippen LogP contribution in [0, 0.1) is 33.6 Å². The maximum Gasteiger partial charge on any atom is 0.185 e. The van der Waals surface area contributed by atoms with Gasteiger partial charge < -0.3 is 25.5 Å². The lowest BCUT2D eigenvalue weighted by atomic mass is 9.99. The van der Waals surface area contributed by atoms with E-state index in [9.17, 15) is 5.11 Å². The number of thiazole rings is 4. The highest BCUT2D eigenvalue weighted by molar-refractivity contribution is 7.14. The molecule has 13 heteroatoms. The summed E-state index contributed by atoms with van der Waals surface area (Å²) in [7, 11) is 0. The van der Waals surface area contributed by atoms with E-state index >= 15 is 0 Å². The molecule has 0 saturated heterocycles. The Kier molecular flexibility index (Phi) is 13.4. The Morgan fingerprint density at radius 3 is 1.70 bits per heavy atom. The Balaban J connectivity index is 1.42. The first kappa shape index (κ1) is 38.7. The van der Waals surface area contributed by atoms with E-state index in [1.165, 1.54) is 5.56 Å². The molecule has 0 aliphatic rings. The number of aryl methyl sites for hydroxylation is 4. The van der Waals surface area contributed by atoms with Crippen LogP contribution in [0.3, 0.4) is 0 Å². The van der Waals surface area contributed by atoms with E-state index in [1.807, 2.05) is 26.0 Å². The van der Waals surface area contributed by atoms with Crippen molar-refractivity contribution in [2.45, 2.75) is 78.9 Å². The zero-order valence-electron chi connectivity index (χ0n) is 31.3. The molecule has 0 spiro atoms. The second-order valence-corrected chi connectivity index (χ2v) is 17.5. The highest BCUT2D eigenvalue weighted by Gasteiger charge is 2.32. The van der Waals surface area contributed by atoms with Crippen LogP contribution in [0.25, 0.3) is 0 Å². The zero-order valence-corrected chi connectivity index (χ0v) is 34.6. The maximum atomic E-state index is 10.1. The Hall–Kier alpha value is -4.04. The zero-order chi connectivity index (χ0) is 37.3. The molecule has 0 aliphatic heterocycles. The van der Waals surface area contributed by atoms with Gasteiger partial charge in [0.15, 0.2) is 20.5 Å². The summed E-state index contributed by atoms with van der Waals surface area (Å²) in [5.41, 5.74) is 6.50. The Bertz CT molecular complexity index is 1990. The number of aromatic hydroxyl groups is 1. The quantitative estimate of drug-likeness (QED) is 0.0741. The van der Waals surface area contributed by atoms with Gasteiger partial charge in [-0.05, 0) is 76.1 Å². The topological polar surface area (TPSA) is 102 Å². The van der Waals surface area contributed by atoms with Crippen molar-refractivity contribution in [3.8, 4) is 5.75 Å². The number of hydrogen-bond acceptors (Lipinski definition) is 13. The van der Waals surface area contributed by atoms with Gasteiger partial charge in [-0.1, -0.05) is 56.3 Å². The van der Waals surface area contributed by atoms with Crippen molar-refractivity contribution in [3.05, 3.63) is 110 Å². The third-order valence-electron chi connectivity index (χ3n) is 8.94. The Morgan fingerprint density at radius 1 is 0.623 bits per heavy atom. The molecule has 6 rings (SSSR count). The van der Waals surface area contributed by atoms with Gasteiger partial charge in [-0.3, -0.25) is 0 Å². The number of phenols is 1. The first-order valence-corrected chi connectivity index (χ1v) is 21.6. The van der Waals surface area contributed by atoms with Gasteiger partial charge >= 0.3 is 0 Å². The number of nitrogens with one attached hydrogen (secondary N) is 2. The lowest BCUT2D eigenvalue weighted by Gasteiger charge is -2.40. The first-order chi connectivity index (χ1) is 25.6. The van der Waals surface area contributed by atoms with Crippen molar-refractivity contribution in [1.29, 1.82) is 0 Å². The predicted molar refractivity (Wildman–Crippen MR) is 227 cm³/mol. The highest BCUT2D eigenvalue weighted by atomic mass is 32.1. The Labute approximate surface area is 329 Å². The van der Waals surface area contributed by atoms with Crippen LogP contribution in [0.2, 0.25) is 0 Å². The smallest absolute Gasteiger partial charge is 0.185 e. The van der Waals surface area contributed by atoms with Crippen LogP contribution in [0.5, 0.6) is 5.75 Å². The largest absolute Gasteiger partial charge is 0.508 e. The minimum absolute atomic E-state index is 0.0235. The first-order valence-electron chi connectivity index (χ1n) is 18.1. The van der Waals surface area contributed by atoms with Gasteiger partial charge in [0.2, 0.25) is 0 Å². The van der Waals surface area contributed by atoms with Gasteiger partial charge in [0.05, 0.1) is 34.9 Å². The Morgan fingerprint density at radius 2 is 1.15 bits per heavy atom. The lowest BCUT2D eigenvalue weighted by molar-refractivity contribution is 0.469. The van der Waals surface area contributed by atoms with Crippen LogP contribution < -0.4 is 20.4 Å². The fraction of sp³-hybridized carbons (Fsp3) is 0.400. The van der Waals surface area contributed by atoms with Crippen molar-refractivity contribution in [1.82, 2.24) is 19.9 Å². The standard InChI is InChI=1S/C40H50N8OS4/c1-26(2)16-33(46-38-43-28(4)23-51-38)20-47(39-44-29(5)24-52-39)35(18-31-10-8-7-9-11-31)21-48(40-45-30(6)25-53-40)34(17-32-12-14-36(49)15-13-32)19-41-37-42-27(3)22-50-37/h7-15,22-26,33-35,49H,16-21H2,1-6H3,(H,41,42)(H,43,46)/t33-,34-,35-/m0/s1. The molecule has 0 amide bonds. The van der Waals surface area contributed by atoms with Crippen LogP contribution in [0.15, 0.2) is 76.1 Å². The normalized spacial score (nSPS) is 13.2. The SMILES string of the molecule is Cc1csc(NC[C@H](Cc2ccc(O)cc2)N(C[C@H](Cc2ccccc2)N(C[C@H](CC(C)C)Nc2nc(C)cs2)c2nc(C)cs2)c2nc(C)cs2)n1. The summed E-state index contributed by atoms with van der Waals surface area (Å²) in [6.45, 7) is 15.0. The van der Waals surface area contributed by atoms with Crippen molar-refractivity contribution in [2.75, 3.05) is 40.1 Å². The molecule has 3 N–H and O–H groups in total. The maximum absolute atomic E-state index is 10.1. The molecule has 0 radical (unpaired) electrons. The third-order valence-corrected chi connectivity index (χ3v) is 12.7. The summed E-state index contributed by atoms with van der Waals surface area (Å²) in [4.78, 5) is 24.8. The number of aromatic nitrogens is 4. The molecule has 9 nitrogen and oxygen atoms in total. The predicted octanol–water partition coefficient (Wildman–Crippen LogP) is 9.63. The van der Waals surface area contributed by atoms with Crippen molar-refractivity contribution in [3.63, 3.8) is 0 Å². The summed E-state index contributed by atoms with van der Waals surface area (Å²) >= 11 is 6.71. The summed E-state index contributed by atoms with van der Waals surface area (Å²) in [6.07, 6.45) is 2.58. The van der Waals surface area contributed by atoms with Gasteiger partial charge in [0.1, 0.15) is 5.75 Å². The molecular formula is C40H50N8OS4. The molecular weight excluding hydrogens is 737 g/mol. The summed E-state index contributed by atoms with van der Waals surface area (Å²) in [5, 5.41) is 30.0. The van der Waals surface area contributed by atoms with Crippen molar-refractivity contribution >= 4 is 65.9 Å². The molecule has 4 aromatic heterocycles. The summed E-state index contributed by atoms with van der Waals surface area (Å²) < 4.78 is 0. The average molecular weight is 787 g/mol. The molecule has 3 atom stereocenters. The van der Waals surface area contributed by atoms with E-state index in [4.69, 9.17) is 19.9 Å².